The Morgan fingerprint density at radius 2 is 2.15 bits per heavy atom. The van der Waals surface area contributed by atoms with E-state index in [9.17, 15) is 4.79 Å². The van der Waals surface area contributed by atoms with Crippen molar-refractivity contribution in [2.75, 3.05) is 6.54 Å². The molecule has 5 heteroatoms. The number of fused-ring (bicyclic) bond motifs is 1. The van der Waals surface area contributed by atoms with Crippen LogP contribution in [-0.2, 0) is 6.54 Å². The molecule has 4 rings (SSSR count). The molecule has 0 radical (unpaired) electrons. The molecule has 0 bridgehead atoms. The summed E-state index contributed by atoms with van der Waals surface area (Å²) >= 11 is 0. The summed E-state index contributed by atoms with van der Waals surface area (Å²) in [5.74, 6) is 0.107. The third-order valence-electron chi connectivity index (χ3n) is 5.14. The van der Waals surface area contributed by atoms with Crippen molar-refractivity contribution in [3.8, 4) is 11.3 Å². The monoisotopic (exact) mass is 348 g/mol. The van der Waals surface area contributed by atoms with Crippen LogP contribution < -0.4 is 0 Å². The molecule has 1 atom stereocenters. The molecular weight excluding hydrogens is 324 g/mol. The highest BCUT2D eigenvalue weighted by Crippen LogP contribution is 2.28. The van der Waals surface area contributed by atoms with Gasteiger partial charge in [0.15, 0.2) is 0 Å². The summed E-state index contributed by atoms with van der Waals surface area (Å²) in [6.45, 7) is 5.97. The molecule has 0 aliphatic carbocycles. The van der Waals surface area contributed by atoms with Gasteiger partial charge in [-0.1, -0.05) is 25.1 Å². The Balaban J connectivity index is 1.81. The van der Waals surface area contributed by atoms with E-state index in [1.807, 2.05) is 52.3 Å². The van der Waals surface area contributed by atoms with E-state index in [2.05, 4.69) is 18.9 Å². The minimum absolute atomic E-state index is 0.107. The molecule has 26 heavy (non-hydrogen) atoms. The summed E-state index contributed by atoms with van der Waals surface area (Å²) in [6, 6.07) is 10.1. The van der Waals surface area contributed by atoms with E-state index in [-0.39, 0.29) is 5.91 Å². The third kappa shape index (κ3) is 2.98. The lowest BCUT2D eigenvalue weighted by Crippen LogP contribution is -2.33. The second-order valence-corrected chi connectivity index (χ2v) is 7.05. The van der Waals surface area contributed by atoms with Crippen LogP contribution in [0.3, 0.4) is 0 Å². The molecule has 0 spiro atoms. The zero-order chi connectivity index (χ0) is 18.1. The van der Waals surface area contributed by atoms with Crippen molar-refractivity contribution >= 4 is 16.8 Å². The molecular formula is C21H24N4O. The van der Waals surface area contributed by atoms with Crippen molar-refractivity contribution in [3.05, 3.63) is 48.3 Å². The number of nitrogens with zero attached hydrogens (tertiary/aromatic N) is 4. The maximum absolute atomic E-state index is 13.2. The highest BCUT2D eigenvalue weighted by atomic mass is 16.2. The smallest absolute Gasteiger partial charge is 0.254 e. The van der Waals surface area contributed by atoms with E-state index < -0.39 is 0 Å². The molecule has 0 saturated carbocycles. The lowest BCUT2D eigenvalue weighted by Gasteiger charge is -2.22. The van der Waals surface area contributed by atoms with Crippen molar-refractivity contribution in [1.82, 2.24) is 19.7 Å². The number of hydrogen-bond acceptors (Lipinski definition) is 3. The number of carbonyl (C=O) groups excluding carboxylic acids is 1. The van der Waals surface area contributed by atoms with E-state index in [0.29, 0.717) is 6.04 Å². The molecule has 1 aromatic carbocycles. The van der Waals surface area contributed by atoms with Gasteiger partial charge < -0.3 is 4.90 Å². The van der Waals surface area contributed by atoms with Crippen LogP contribution in [0, 0.1) is 0 Å². The summed E-state index contributed by atoms with van der Waals surface area (Å²) < 4.78 is 1.93. The van der Waals surface area contributed by atoms with Gasteiger partial charge in [-0.25, -0.2) is 4.98 Å². The fourth-order valence-corrected chi connectivity index (χ4v) is 3.74. The third-order valence-corrected chi connectivity index (χ3v) is 5.14. The van der Waals surface area contributed by atoms with Gasteiger partial charge in [-0.15, -0.1) is 0 Å². The van der Waals surface area contributed by atoms with Gasteiger partial charge in [-0.05, 0) is 38.3 Å². The average Bonchev–Trinajstić information content (AvgIpc) is 3.29. The summed E-state index contributed by atoms with van der Waals surface area (Å²) in [7, 11) is 0. The van der Waals surface area contributed by atoms with Crippen LogP contribution in [0.4, 0.5) is 0 Å². The van der Waals surface area contributed by atoms with Crippen LogP contribution in [0.15, 0.2) is 42.7 Å². The number of para-hydroxylation sites is 1. The predicted octanol–water partition coefficient (Wildman–Crippen LogP) is 4.13. The Kier molecular flexibility index (Phi) is 4.45. The van der Waals surface area contributed by atoms with E-state index in [1.165, 1.54) is 0 Å². The van der Waals surface area contributed by atoms with Gasteiger partial charge in [0.25, 0.3) is 5.91 Å². The molecule has 1 aliphatic rings. The first-order chi connectivity index (χ1) is 12.7. The number of amides is 1. The molecule has 2 aromatic heterocycles. The number of carbonyl (C=O) groups is 1. The van der Waals surface area contributed by atoms with E-state index in [0.717, 1.165) is 60.1 Å². The van der Waals surface area contributed by atoms with Crippen molar-refractivity contribution in [2.24, 2.45) is 0 Å². The fourth-order valence-electron chi connectivity index (χ4n) is 3.74. The Morgan fingerprint density at radius 3 is 2.92 bits per heavy atom. The minimum Gasteiger partial charge on any atom is -0.336 e. The van der Waals surface area contributed by atoms with Gasteiger partial charge in [-0.3, -0.25) is 9.48 Å². The van der Waals surface area contributed by atoms with Gasteiger partial charge in [0.1, 0.15) is 0 Å². The summed E-state index contributed by atoms with van der Waals surface area (Å²) in [4.78, 5) is 20.0. The van der Waals surface area contributed by atoms with Crippen molar-refractivity contribution in [2.45, 2.75) is 45.7 Å². The number of aryl methyl sites for hydroxylation is 1. The maximum atomic E-state index is 13.2. The summed E-state index contributed by atoms with van der Waals surface area (Å²) in [5, 5.41) is 5.33. The summed E-state index contributed by atoms with van der Waals surface area (Å²) in [6.07, 6.45) is 7.02. The zero-order valence-corrected chi connectivity index (χ0v) is 15.4. The molecule has 3 aromatic rings. The van der Waals surface area contributed by atoms with Crippen LogP contribution >= 0.6 is 0 Å². The molecule has 1 fully saturated rings. The average molecular weight is 348 g/mol. The first-order valence-electron chi connectivity index (χ1n) is 9.41. The number of likely N-dealkylation sites (tertiary alicyclic amines) is 1. The highest BCUT2D eigenvalue weighted by Gasteiger charge is 2.27. The topological polar surface area (TPSA) is 51.0 Å². The lowest BCUT2D eigenvalue weighted by atomic mass is 10.0. The number of aromatic nitrogens is 3. The first kappa shape index (κ1) is 16.8. The van der Waals surface area contributed by atoms with Crippen molar-refractivity contribution < 1.29 is 4.79 Å². The Labute approximate surface area is 153 Å². The van der Waals surface area contributed by atoms with Crippen LogP contribution in [0.25, 0.3) is 22.2 Å². The van der Waals surface area contributed by atoms with E-state index in [1.54, 1.807) is 0 Å². The molecule has 3 heterocycles. The molecule has 134 valence electrons. The van der Waals surface area contributed by atoms with Crippen LogP contribution in [0.2, 0.25) is 0 Å². The van der Waals surface area contributed by atoms with Crippen LogP contribution in [0.5, 0.6) is 0 Å². The van der Waals surface area contributed by atoms with Crippen LogP contribution in [-0.4, -0.2) is 38.2 Å². The fraction of sp³-hybridized carbons (Fsp3) is 0.381. The van der Waals surface area contributed by atoms with Gasteiger partial charge in [0.2, 0.25) is 0 Å². The van der Waals surface area contributed by atoms with E-state index >= 15 is 0 Å². The normalized spacial score (nSPS) is 17.2. The second-order valence-electron chi connectivity index (χ2n) is 7.05. The molecule has 5 nitrogen and oxygen atoms in total. The predicted molar refractivity (Wildman–Crippen MR) is 103 cm³/mol. The Hall–Kier alpha value is -2.69. The molecule has 1 aliphatic heterocycles. The van der Waals surface area contributed by atoms with E-state index in [4.69, 9.17) is 4.98 Å². The zero-order valence-electron chi connectivity index (χ0n) is 15.4. The van der Waals surface area contributed by atoms with Gasteiger partial charge in [-0.2, -0.15) is 5.10 Å². The largest absolute Gasteiger partial charge is 0.336 e. The van der Waals surface area contributed by atoms with Gasteiger partial charge >= 0.3 is 0 Å². The van der Waals surface area contributed by atoms with Gasteiger partial charge in [0.05, 0.1) is 23.0 Å². The highest BCUT2D eigenvalue weighted by molar-refractivity contribution is 6.07. The van der Waals surface area contributed by atoms with Crippen molar-refractivity contribution in [3.63, 3.8) is 0 Å². The minimum atomic E-state index is 0.107. The SMILES string of the molecule is CCCn1cc(-c2cc(C(=O)N3CCC[C@H]3C)c3ccccc3n2)cn1. The molecule has 0 N–H and O–H groups in total. The van der Waals surface area contributed by atoms with Crippen molar-refractivity contribution in [1.29, 1.82) is 0 Å². The standard InChI is InChI=1S/C21H24N4O/c1-3-10-24-14-16(13-22-24)20-12-18(17-8-4-5-9-19(17)23-20)21(26)25-11-6-7-15(25)2/h4-5,8-9,12-15H,3,6-7,10-11H2,1-2H3/t15-/m1/s1. The summed E-state index contributed by atoms with van der Waals surface area (Å²) in [5.41, 5.74) is 3.35. The molecule has 1 amide bonds. The van der Waals surface area contributed by atoms with Crippen LogP contribution in [0.1, 0.15) is 43.5 Å². The number of hydrogen-bond donors (Lipinski definition) is 0. The maximum Gasteiger partial charge on any atom is 0.254 e. The number of rotatable bonds is 4. The Bertz CT molecular complexity index is 946. The first-order valence-corrected chi connectivity index (χ1v) is 9.41. The lowest BCUT2D eigenvalue weighted by molar-refractivity contribution is 0.0749. The van der Waals surface area contributed by atoms with Gasteiger partial charge in [0, 0.05) is 36.3 Å². The second kappa shape index (κ2) is 6.90. The number of benzene rings is 1. The molecule has 1 saturated heterocycles. The quantitative estimate of drug-likeness (QED) is 0.712. The number of pyridine rings is 1. The molecule has 0 unspecified atom stereocenters. The Morgan fingerprint density at radius 1 is 1.31 bits per heavy atom.